The van der Waals surface area contributed by atoms with Gasteiger partial charge in [-0.15, -0.1) is 0 Å². The lowest BCUT2D eigenvalue weighted by atomic mass is 10.1. The molecule has 0 saturated heterocycles. The fourth-order valence-corrected chi connectivity index (χ4v) is 2.41. The number of nitrogens with zero attached hydrogens (tertiary/aromatic N) is 3. The van der Waals surface area contributed by atoms with Gasteiger partial charge in [0.05, 0.1) is 5.69 Å². The van der Waals surface area contributed by atoms with Crippen molar-refractivity contribution >= 4 is 10.0 Å². The van der Waals surface area contributed by atoms with E-state index < -0.39 is 10.0 Å². The number of hydrogen-bond donors (Lipinski definition) is 1. The molecule has 0 amide bonds. The van der Waals surface area contributed by atoms with Crippen LogP contribution in [-0.2, 0) is 16.6 Å². The first-order valence-corrected chi connectivity index (χ1v) is 6.82. The average Bonchev–Trinajstić information content (AvgIpc) is 2.50. The Morgan fingerprint density at radius 3 is 2.53 bits per heavy atom. The van der Waals surface area contributed by atoms with Crippen LogP contribution >= 0.6 is 0 Å². The van der Waals surface area contributed by atoms with E-state index in [9.17, 15) is 8.42 Å². The number of rotatable bonds is 4. The van der Waals surface area contributed by atoms with Gasteiger partial charge in [-0.2, -0.15) is 10.4 Å². The van der Waals surface area contributed by atoms with Crippen molar-refractivity contribution < 1.29 is 8.42 Å². The summed E-state index contributed by atoms with van der Waals surface area (Å²) < 4.78 is 24.2. The van der Waals surface area contributed by atoms with E-state index in [0.717, 1.165) is 6.42 Å². The molecule has 1 rings (SSSR count). The van der Waals surface area contributed by atoms with Crippen molar-refractivity contribution in [3.8, 4) is 6.07 Å². The quantitative estimate of drug-likeness (QED) is 0.858. The molecule has 6 nitrogen and oxygen atoms in total. The van der Waals surface area contributed by atoms with Gasteiger partial charge in [-0.05, 0) is 19.3 Å². The molecule has 94 valence electrons. The summed E-state index contributed by atoms with van der Waals surface area (Å²) in [6.07, 6.45) is 0.772. The summed E-state index contributed by atoms with van der Waals surface area (Å²) >= 11 is 0. The molecule has 0 aliphatic carbocycles. The number of sulfonamides is 1. The van der Waals surface area contributed by atoms with Crippen LogP contribution in [0.2, 0.25) is 0 Å². The number of nitrogens with two attached hydrogens (primary N) is 1. The first-order chi connectivity index (χ1) is 7.77. The molecular weight excluding hydrogens is 240 g/mol. The van der Waals surface area contributed by atoms with E-state index in [1.165, 1.54) is 4.68 Å². The summed E-state index contributed by atoms with van der Waals surface area (Å²) in [7, 11) is -3.93. The Balaban J connectivity index is 3.28. The Labute approximate surface area is 101 Å². The second-order valence-electron chi connectivity index (χ2n) is 4.33. The van der Waals surface area contributed by atoms with E-state index in [1.807, 2.05) is 19.9 Å². The lowest BCUT2D eigenvalue weighted by Crippen LogP contribution is -2.19. The van der Waals surface area contributed by atoms with E-state index in [2.05, 4.69) is 5.10 Å². The maximum Gasteiger partial charge on any atom is 0.256 e. The molecule has 0 spiro atoms. The maximum atomic E-state index is 11.5. The lowest BCUT2D eigenvalue weighted by molar-refractivity contribution is 0.457. The van der Waals surface area contributed by atoms with Gasteiger partial charge in [0.1, 0.15) is 11.6 Å². The van der Waals surface area contributed by atoms with Gasteiger partial charge in [-0.25, -0.2) is 13.6 Å². The van der Waals surface area contributed by atoms with Crippen LogP contribution in [0.1, 0.15) is 31.5 Å². The highest BCUT2D eigenvalue weighted by atomic mass is 32.2. The first kappa shape index (κ1) is 13.7. The molecule has 0 fully saturated rings. The third-order valence-corrected chi connectivity index (χ3v) is 3.33. The van der Waals surface area contributed by atoms with E-state index in [-0.39, 0.29) is 10.6 Å². The van der Waals surface area contributed by atoms with Crippen molar-refractivity contribution in [1.29, 1.82) is 5.26 Å². The predicted octanol–water partition coefficient (Wildman–Crippen LogP) is 0.757. The Kier molecular flexibility index (Phi) is 3.91. The predicted molar refractivity (Wildman–Crippen MR) is 62.5 cm³/mol. The number of aryl methyl sites for hydroxylation is 2. The highest BCUT2D eigenvalue weighted by molar-refractivity contribution is 7.89. The Morgan fingerprint density at radius 2 is 2.12 bits per heavy atom. The van der Waals surface area contributed by atoms with Crippen LogP contribution in [0.4, 0.5) is 0 Å². The van der Waals surface area contributed by atoms with Crippen LogP contribution in [0.15, 0.2) is 5.03 Å². The van der Waals surface area contributed by atoms with Gasteiger partial charge in [0.2, 0.25) is 0 Å². The highest BCUT2D eigenvalue weighted by Crippen LogP contribution is 2.18. The van der Waals surface area contributed by atoms with Gasteiger partial charge < -0.3 is 0 Å². The van der Waals surface area contributed by atoms with Crippen LogP contribution in [0, 0.1) is 24.2 Å². The Morgan fingerprint density at radius 1 is 1.53 bits per heavy atom. The minimum Gasteiger partial charge on any atom is -0.252 e. The molecule has 17 heavy (non-hydrogen) atoms. The largest absolute Gasteiger partial charge is 0.256 e. The zero-order valence-electron chi connectivity index (χ0n) is 10.1. The van der Waals surface area contributed by atoms with Gasteiger partial charge in [-0.3, -0.25) is 4.68 Å². The van der Waals surface area contributed by atoms with E-state index in [1.54, 1.807) is 6.92 Å². The zero-order valence-corrected chi connectivity index (χ0v) is 11.0. The van der Waals surface area contributed by atoms with Gasteiger partial charge >= 0.3 is 0 Å². The molecule has 0 radical (unpaired) electrons. The first-order valence-electron chi connectivity index (χ1n) is 5.27. The fourth-order valence-electron chi connectivity index (χ4n) is 1.51. The summed E-state index contributed by atoms with van der Waals surface area (Å²) in [6, 6.07) is 1.84. The number of aromatic nitrogens is 2. The van der Waals surface area contributed by atoms with Gasteiger partial charge in [0.25, 0.3) is 10.0 Å². The highest BCUT2D eigenvalue weighted by Gasteiger charge is 2.23. The van der Waals surface area contributed by atoms with Crippen LogP contribution in [0.5, 0.6) is 0 Å². The van der Waals surface area contributed by atoms with E-state index in [4.69, 9.17) is 10.4 Å². The van der Waals surface area contributed by atoms with Gasteiger partial charge in [0, 0.05) is 6.54 Å². The minimum atomic E-state index is -3.93. The molecule has 0 unspecified atom stereocenters. The molecule has 2 N–H and O–H groups in total. The monoisotopic (exact) mass is 256 g/mol. The normalized spacial score (nSPS) is 11.8. The van der Waals surface area contributed by atoms with E-state index in [0.29, 0.717) is 18.2 Å². The number of primary sulfonamides is 1. The van der Waals surface area contributed by atoms with Crippen LogP contribution in [0.3, 0.4) is 0 Å². The maximum absolute atomic E-state index is 11.5. The van der Waals surface area contributed by atoms with Crippen molar-refractivity contribution in [3.63, 3.8) is 0 Å². The Hall–Kier alpha value is -1.39. The zero-order chi connectivity index (χ0) is 13.2. The third kappa shape index (κ3) is 3.05. The number of nitriles is 1. The number of hydrogen-bond acceptors (Lipinski definition) is 4. The summed E-state index contributed by atoms with van der Waals surface area (Å²) in [5, 5.41) is 17.9. The molecule has 0 aliphatic rings. The second-order valence-corrected chi connectivity index (χ2v) is 5.80. The van der Waals surface area contributed by atoms with Crippen molar-refractivity contribution in [2.75, 3.05) is 0 Å². The van der Waals surface area contributed by atoms with Crippen LogP contribution in [-0.4, -0.2) is 18.2 Å². The SMILES string of the molecule is Cc1nn(CCC(C)C)c(S(N)(=O)=O)c1C#N. The van der Waals surface area contributed by atoms with Crippen LogP contribution < -0.4 is 5.14 Å². The molecule has 0 saturated carbocycles. The molecule has 0 bridgehead atoms. The standard InChI is InChI=1S/C10H16N4O2S/c1-7(2)4-5-14-10(17(12,15)16)9(6-11)8(3)13-14/h7H,4-5H2,1-3H3,(H2,12,15,16). The average molecular weight is 256 g/mol. The van der Waals surface area contributed by atoms with Crippen molar-refractivity contribution in [2.24, 2.45) is 11.1 Å². The molecule has 1 heterocycles. The molecule has 7 heteroatoms. The summed E-state index contributed by atoms with van der Waals surface area (Å²) in [5.74, 6) is 0.415. The molecular formula is C10H16N4O2S. The van der Waals surface area contributed by atoms with Crippen LogP contribution in [0.25, 0.3) is 0 Å². The molecule has 0 atom stereocenters. The van der Waals surface area contributed by atoms with Crippen molar-refractivity contribution in [2.45, 2.75) is 38.8 Å². The van der Waals surface area contributed by atoms with E-state index >= 15 is 0 Å². The second kappa shape index (κ2) is 4.85. The summed E-state index contributed by atoms with van der Waals surface area (Å²) in [5.41, 5.74) is 0.427. The Bertz CT molecular complexity index is 552. The van der Waals surface area contributed by atoms with Gasteiger partial charge in [-0.1, -0.05) is 13.8 Å². The minimum absolute atomic E-state index is 0.0382. The summed E-state index contributed by atoms with van der Waals surface area (Å²) in [6.45, 7) is 6.08. The molecule has 1 aromatic rings. The molecule has 0 aromatic carbocycles. The van der Waals surface area contributed by atoms with Crippen molar-refractivity contribution in [3.05, 3.63) is 11.3 Å². The van der Waals surface area contributed by atoms with Crippen molar-refractivity contribution in [1.82, 2.24) is 9.78 Å². The summed E-state index contributed by atoms with van der Waals surface area (Å²) in [4.78, 5) is 0. The topological polar surface area (TPSA) is 102 Å². The lowest BCUT2D eigenvalue weighted by Gasteiger charge is -2.07. The third-order valence-electron chi connectivity index (χ3n) is 2.38. The molecule has 0 aliphatic heterocycles. The smallest absolute Gasteiger partial charge is 0.252 e. The van der Waals surface area contributed by atoms with Gasteiger partial charge in [0.15, 0.2) is 5.03 Å². The fraction of sp³-hybridized carbons (Fsp3) is 0.600. The molecule has 1 aromatic heterocycles.